The van der Waals surface area contributed by atoms with Crippen molar-refractivity contribution in [2.75, 3.05) is 32.1 Å². The third kappa shape index (κ3) is 8.43. The lowest BCUT2D eigenvalue weighted by Gasteiger charge is -2.20. The Hall–Kier alpha value is -0.660. The van der Waals surface area contributed by atoms with Crippen LogP contribution in [-0.4, -0.2) is 62.1 Å². The van der Waals surface area contributed by atoms with Gasteiger partial charge in [0.15, 0.2) is 0 Å². The van der Waals surface area contributed by atoms with E-state index in [2.05, 4.69) is 0 Å². The molecular weight excluding hydrogens is 256 g/mol. The summed E-state index contributed by atoms with van der Waals surface area (Å²) in [6.07, 6.45) is 3.15. The molecule has 0 aliphatic heterocycles. The number of carboxylic acids is 1. The van der Waals surface area contributed by atoms with Gasteiger partial charge < -0.3 is 15.7 Å². The Labute approximate surface area is 109 Å². The largest absolute Gasteiger partial charge is 0.480 e. The van der Waals surface area contributed by atoms with Crippen LogP contribution in [-0.2, 0) is 14.6 Å². The van der Waals surface area contributed by atoms with Gasteiger partial charge in [-0.25, -0.2) is 8.42 Å². The Bertz CT molecular complexity index is 365. The van der Waals surface area contributed by atoms with Gasteiger partial charge in [-0.3, -0.25) is 4.79 Å². The van der Waals surface area contributed by atoms with Gasteiger partial charge in [0.2, 0.25) is 0 Å². The minimum atomic E-state index is -2.92. The number of rotatable bonds is 9. The molecule has 0 aromatic carbocycles. The lowest BCUT2D eigenvalue weighted by atomic mass is 9.96. The van der Waals surface area contributed by atoms with Gasteiger partial charge in [0.1, 0.15) is 15.4 Å². The van der Waals surface area contributed by atoms with E-state index in [-0.39, 0.29) is 5.75 Å². The van der Waals surface area contributed by atoms with E-state index >= 15 is 0 Å². The van der Waals surface area contributed by atoms with Crippen LogP contribution in [0.1, 0.15) is 26.2 Å². The maximum atomic E-state index is 11.0. The minimum absolute atomic E-state index is 0.146. The fourth-order valence-corrected chi connectivity index (χ4v) is 2.06. The van der Waals surface area contributed by atoms with Crippen LogP contribution in [0.2, 0.25) is 0 Å². The van der Waals surface area contributed by atoms with Crippen molar-refractivity contribution in [3.8, 4) is 0 Å². The molecule has 0 rings (SSSR count). The van der Waals surface area contributed by atoms with Crippen molar-refractivity contribution in [3.63, 3.8) is 0 Å². The van der Waals surface area contributed by atoms with Crippen LogP contribution in [0.15, 0.2) is 0 Å². The summed E-state index contributed by atoms with van der Waals surface area (Å²) in [6, 6.07) is 0. The molecule has 0 radical (unpaired) electrons. The molecule has 1 unspecified atom stereocenters. The smallest absolute Gasteiger partial charge is 0.323 e. The number of nitrogens with two attached hydrogens (primary N) is 1. The summed E-state index contributed by atoms with van der Waals surface area (Å²) in [5.74, 6) is -0.847. The van der Waals surface area contributed by atoms with Gasteiger partial charge in [-0.05, 0) is 39.8 Å². The zero-order valence-corrected chi connectivity index (χ0v) is 12.2. The van der Waals surface area contributed by atoms with E-state index in [0.29, 0.717) is 19.4 Å². The third-order valence-electron chi connectivity index (χ3n) is 2.82. The lowest BCUT2D eigenvalue weighted by molar-refractivity contribution is -0.142. The molecule has 0 aliphatic rings. The molecule has 0 aromatic rings. The molecule has 0 spiro atoms. The predicted octanol–water partition coefficient (Wildman–Crippen LogP) is -0.0649. The number of aliphatic carboxylic acids is 1. The van der Waals surface area contributed by atoms with Gasteiger partial charge >= 0.3 is 5.97 Å². The predicted molar refractivity (Wildman–Crippen MR) is 71.3 cm³/mol. The minimum Gasteiger partial charge on any atom is -0.480 e. The van der Waals surface area contributed by atoms with Crippen molar-refractivity contribution in [1.82, 2.24) is 4.90 Å². The summed E-state index contributed by atoms with van der Waals surface area (Å²) in [6.45, 7) is 2.74. The van der Waals surface area contributed by atoms with Crippen LogP contribution in [0.4, 0.5) is 0 Å². The van der Waals surface area contributed by atoms with E-state index in [1.807, 2.05) is 11.9 Å². The van der Waals surface area contributed by atoms with Crippen molar-refractivity contribution < 1.29 is 18.3 Å². The zero-order chi connectivity index (χ0) is 14.4. The van der Waals surface area contributed by atoms with Crippen molar-refractivity contribution in [2.45, 2.75) is 31.7 Å². The van der Waals surface area contributed by atoms with Crippen molar-refractivity contribution in [2.24, 2.45) is 5.73 Å². The molecular formula is C11H24N2O4S. The second kappa shape index (κ2) is 7.06. The van der Waals surface area contributed by atoms with E-state index < -0.39 is 21.3 Å². The average Bonchev–Trinajstić information content (AvgIpc) is 2.20. The van der Waals surface area contributed by atoms with Crippen LogP contribution < -0.4 is 5.73 Å². The number of hydrogen-bond acceptors (Lipinski definition) is 5. The Morgan fingerprint density at radius 2 is 1.89 bits per heavy atom. The zero-order valence-electron chi connectivity index (χ0n) is 11.3. The molecule has 0 aromatic heterocycles. The monoisotopic (exact) mass is 280 g/mol. The molecule has 0 fully saturated rings. The SMILES string of the molecule is CN(CCCCC(C)(N)C(=O)O)CCS(C)(=O)=O. The molecule has 3 N–H and O–H groups in total. The first-order valence-electron chi connectivity index (χ1n) is 5.93. The normalized spacial score (nSPS) is 15.6. The van der Waals surface area contributed by atoms with Gasteiger partial charge in [-0.2, -0.15) is 0 Å². The summed E-state index contributed by atoms with van der Waals surface area (Å²) in [4.78, 5) is 12.7. The molecule has 108 valence electrons. The molecule has 18 heavy (non-hydrogen) atoms. The summed E-state index contributed by atoms with van der Waals surface area (Å²) < 4.78 is 21.9. The Morgan fingerprint density at radius 1 is 1.33 bits per heavy atom. The number of sulfone groups is 1. The van der Waals surface area contributed by atoms with Crippen LogP contribution in [0.3, 0.4) is 0 Å². The Morgan fingerprint density at radius 3 is 2.33 bits per heavy atom. The van der Waals surface area contributed by atoms with Crippen molar-refractivity contribution in [1.29, 1.82) is 0 Å². The van der Waals surface area contributed by atoms with Crippen LogP contribution in [0.5, 0.6) is 0 Å². The maximum Gasteiger partial charge on any atom is 0.323 e. The molecule has 1 atom stereocenters. The summed E-state index contributed by atoms with van der Waals surface area (Å²) >= 11 is 0. The van der Waals surface area contributed by atoms with Crippen LogP contribution in [0.25, 0.3) is 0 Å². The summed E-state index contributed by atoms with van der Waals surface area (Å²) in [5.41, 5.74) is 4.42. The quantitative estimate of drug-likeness (QED) is 0.574. The van der Waals surface area contributed by atoms with Gasteiger partial charge in [-0.1, -0.05) is 0 Å². The standard InChI is InChI=1S/C11H24N2O4S/c1-11(12,10(14)15)6-4-5-7-13(2)8-9-18(3,16)17/h4-9,12H2,1-3H3,(H,14,15). The highest BCUT2D eigenvalue weighted by Gasteiger charge is 2.26. The van der Waals surface area contributed by atoms with Gasteiger partial charge in [0, 0.05) is 12.8 Å². The fraction of sp³-hybridized carbons (Fsp3) is 0.909. The first-order chi connectivity index (χ1) is 8.04. The molecule has 0 bridgehead atoms. The van der Waals surface area contributed by atoms with E-state index in [9.17, 15) is 13.2 Å². The molecule has 0 saturated carbocycles. The van der Waals surface area contributed by atoms with Gasteiger partial charge in [0.25, 0.3) is 0 Å². The first kappa shape index (κ1) is 17.3. The topological polar surface area (TPSA) is 101 Å². The number of hydrogen-bond donors (Lipinski definition) is 2. The van der Waals surface area contributed by atoms with Crippen LogP contribution in [0, 0.1) is 0 Å². The number of carboxylic acid groups (broad SMARTS) is 1. The van der Waals surface area contributed by atoms with Crippen molar-refractivity contribution in [3.05, 3.63) is 0 Å². The molecule has 0 saturated heterocycles. The van der Waals surface area contributed by atoms with E-state index in [1.165, 1.54) is 13.2 Å². The molecule has 0 amide bonds. The highest BCUT2D eigenvalue weighted by molar-refractivity contribution is 7.90. The second-order valence-electron chi connectivity index (χ2n) is 5.11. The van der Waals surface area contributed by atoms with Gasteiger partial charge in [-0.15, -0.1) is 0 Å². The Balaban J connectivity index is 3.76. The Kier molecular flexibility index (Phi) is 6.80. The molecule has 6 nitrogen and oxygen atoms in total. The molecule has 0 aliphatic carbocycles. The first-order valence-corrected chi connectivity index (χ1v) is 7.99. The lowest BCUT2D eigenvalue weighted by Crippen LogP contribution is -2.44. The summed E-state index contributed by atoms with van der Waals surface area (Å²) in [5, 5.41) is 8.82. The average molecular weight is 280 g/mol. The van der Waals surface area contributed by atoms with E-state index in [1.54, 1.807) is 0 Å². The van der Waals surface area contributed by atoms with E-state index in [4.69, 9.17) is 10.8 Å². The second-order valence-corrected chi connectivity index (χ2v) is 7.37. The van der Waals surface area contributed by atoms with Crippen LogP contribution >= 0.6 is 0 Å². The number of carbonyl (C=O) groups is 1. The third-order valence-corrected chi connectivity index (χ3v) is 3.74. The highest BCUT2D eigenvalue weighted by atomic mass is 32.2. The highest BCUT2D eigenvalue weighted by Crippen LogP contribution is 2.11. The summed E-state index contributed by atoms with van der Waals surface area (Å²) in [7, 11) is -1.07. The van der Waals surface area contributed by atoms with E-state index in [0.717, 1.165) is 13.0 Å². The maximum absolute atomic E-state index is 11.0. The molecule has 0 heterocycles. The van der Waals surface area contributed by atoms with Gasteiger partial charge in [0.05, 0.1) is 5.75 Å². The number of unbranched alkanes of at least 4 members (excludes halogenated alkanes) is 1. The number of nitrogens with zero attached hydrogens (tertiary/aromatic N) is 1. The fourth-order valence-electron chi connectivity index (χ4n) is 1.41. The van der Waals surface area contributed by atoms with Crippen molar-refractivity contribution >= 4 is 15.8 Å². The molecule has 7 heteroatoms.